The first-order valence-corrected chi connectivity index (χ1v) is 19.8. The van der Waals surface area contributed by atoms with Gasteiger partial charge < -0.3 is 28.7 Å². The molecule has 10 nitrogen and oxygen atoms in total. The van der Waals surface area contributed by atoms with Crippen molar-refractivity contribution in [3.8, 4) is 11.1 Å². The van der Waals surface area contributed by atoms with Crippen LogP contribution in [0.5, 0.6) is 0 Å². The van der Waals surface area contributed by atoms with Gasteiger partial charge >= 0.3 is 24.1 Å². The highest BCUT2D eigenvalue weighted by atomic mass is 32.1. The van der Waals surface area contributed by atoms with Gasteiger partial charge in [0.25, 0.3) is 0 Å². The van der Waals surface area contributed by atoms with Crippen molar-refractivity contribution < 1.29 is 38.1 Å². The number of hydrogen-bond acceptors (Lipinski definition) is 9. The third-order valence-corrected chi connectivity index (χ3v) is 10.1. The van der Waals surface area contributed by atoms with E-state index in [1.807, 2.05) is 101 Å². The highest BCUT2D eigenvalue weighted by molar-refractivity contribution is 7.10. The maximum absolute atomic E-state index is 13.8. The minimum atomic E-state index is -0.653. The molecule has 0 unspecified atom stereocenters. The molecule has 11 heteroatoms. The molecule has 294 valence electrons. The molecular weight excluding hydrogens is 693 g/mol. The van der Waals surface area contributed by atoms with E-state index in [2.05, 4.69) is 18.2 Å². The van der Waals surface area contributed by atoms with Crippen LogP contribution in [0.25, 0.3) is 11.1 Å². The molecule has 4 rings (SSSR count). The Morgan fingerprint density at radius 1 is 0.660 bits per heavy atom. The number of rotatable bonds is 9. The Kier molecular flexibility index (Phi) is 13.1. The molecule has 2 aliphatic heterocycles. The molecule has 2 aliphatic rings. The van der Waals surface area contributed by atoms with Crippen molar-refractivity contribution in [3.63, 3.8) is 0 Å². The molecule has 2 aromatic rings. The average Bonchev–Trinajstić information content (AvgIpc) is 3.76. The van der Waals surface area contributed by atoms with Crippen molar-refractivity contribution in [1.82, 2.24) is 9.80 Å². The van der Waals surface area contributed by atoms with Gasteiger partial charge in [-0.3, -0.25) is 9.59 Å². The molecule has 4 atom stereocenters. The molecule has 3 heterocycles. The summed E-state index contributed by atoms with van der Waals surface area (Å²) in [5.41, 5.74) is 0.486. The Morgan fingerprint density at radius 3 is 1.57 bits per heavy atom. The second-order valence-electron chi connectivity index (χ2n) is 18.6. The van der Waals surface area contributed by atoms with Crippen molar-refractivity contribution in [1.29, 1.82) is 0 Å². The van der Waals surface area contributed by atoms with Crippen LogP contribution in [0.4, 0.5) is 9.59 Å². The third-order valence-electron chi connectivity index (χ3n) is 9.15. The minimum Gasteiger partial charge on any atom is -0.460 e. The van der Waals surface area contributed by atoms with Crippen molar-refractivity contribution in [2.24, 2.45) is 23.7 Å². The SMILES string of the molecule is CC(C)(C)OC(=O)[C@@H](Cc1cccc(-c2ccsc2C[C@H](C(=O)OC(C)(C)C)[C@H]2CCN(C(=O)OC(C)(C)C)C2)c1)[C@H]1CCN(C(=O)OC(C)(C)C)C1. The fourth-order valence-electron chi connectivity index (χ4n) is 6.93. The molecule has 2 amide bonds. The lowest BCUT2D eigenvalue weighted by atomic mass is 9.84. The van der Waals surface area contributed by atoms with Gasteiger partial charge in [-0.05, 0) is 149 Å². The highest BCUT2D eigenvalue weighted by Gasteiger charge is 2.41. The van der Waals surface area contributed by atoms with E-state index in [9.17, 15) is 19.2 Å². The maximum Gasteiger partial charge on any atom is 0.410 e. The number of carbonyl (C=O) groups is 4. The van der Waals surface area contributed by atoms with E-state index in [0.717, 1.165) is 21.6 Å². The number of likely N-dealkylation sites (tertiary alicyclic amines) is 2. The van der Waals surface area contributed by atoms with E-state index in [0.29, 0.717) is 51.9 Å². The van der Waals surface area contributed by atoms with Gasteiger partial charge in [-0.1, -0.05) is 24.3 Å². The number of benzene rings is 1. The predicted molar refractivity (Wildman–Crippen MR) is 208 cm³/mol. The molecule has 0 bridgehead atoms. The first kappa shape index (κ1) is 42.1. The van der Waals surface area contributed by atoms with E-state index in [4.69, 9.17) is 18.9 Å². The molecule has 0 spiro atoms. The molecular formula is C42H62N2O8S. The summed E-state index contributed by atoms with van der Waals surface area (Å²) in [4.78, 5) is 57.8. The second-order valence-corrected chi connectivity index (χ2v) is 19.6. The summed E-state index contributed by atoms with van der Waals surface area (Å²) in [6.45, 7) is 24.2. The second kappa shape index (κ2) is 16.4. The zero-order chi connectivity index (χ0) is 39.5. The Morgan fingerprint density at radius 2 is 1.11 bits per heavy atom. The molecule has 1 aromatic heterocycles. The summed E-state index contributed by atoms with van der Waals surface area (Å²) in [5.74, 6) is -1.61. The number of hydrogen-bond donors (Lipinski definition) is 0. The molecule has 0 N–H and O–H groups in total. The number of thiophene rings is 1. The normalized spacial score (nSPS) is 19.5. The first-order valence-electron chi connectivity index (χ1n) is 18.9. The lowest BCUT2D eigenvalue weighted by molar-refractivity contribution is -0.163. The highest BCUT2D eigenvalue weighted by Crippen LogP contribution is 2.37. The number of amides is 2. The summed E-state index contributed by atoms with van der Waals surface area (Å²) < 4.78 is 23.1. The number of ether oxygens (including phenoxy) is 4. The van der Waals surface area contributed by atoms with Crippen LogP contribution in [-0.4, -0.2) is 82.5 Å². The summed E-state index contributed by atoms with van der Waals surface area (Å²) in [5, 5.41) is 2.04. The van der Waals surface area contributed by atoms with Crippen LogP contribution in [0.1, 0.15) is 106 Å². The topological polar surface area (TPSA) is 112 Å². The smallest absolute Gasteiger partial charge is 0.410 e. The molecule has 0 aliphatic carbocycles. The Labute approximate surface area is 320 Å². The number of esters is 2. The first-order chi connectivity index (χ1) is 24.4. The predicted octanol–water partition coefficient (Wildman–Crippen LogP) is 8.93. The van der Waals surface area contributed by atoms with Gasteiger partial charge in [0.15, 0.2) is 0 Å². The number of nitrogens with zero attached hydrogens (tertiary/aromatic N) is 2. The van der Waals surface area contributed by atoms with Gasteiger partial charge in [-0.25, -0.2) is 9.59 Å². The maximum atomic E-state index is 13.8. The van der Waals surface area contributed by atoms with Gasteiger partial charge in [-0.2, -0.15) is 0 Å². The summed E-state index contributed by atoms with van der Waals surface area (Å²) >= 11 is 1.60. The van der Waals surface area contributed by atoms with Crippen LogP contribution in [-0.2, 0) is 41.4 Å². The van der Waals surface area contributed by atoms with Gasteiger partial charge in [0.05, 0.1) is 11.8 Å². The van der Waals surface area contributed by atoms with Crippen LogP contribution in [0, 0.1) is 23.7 Å². The fourth-order valence-corrected chi connectivity index (χ4v) is 7.89. The quantitative estimate of drug-likeness (QED) is 0.184. The van der Waals surface area contributed by atoms with Crippen LogP contribution in [0.15, 0.2) is 35.7 Å². The molecule has 0 saturated carbocycles. The van der Waals surface area contributed by atoms with Crippen molar-refractivity contribution in [2.75, 3.05) is 26.2 Å². The van der Waals surface area contributed by atoms with Gasteiger partial charge in [-0.15, -0.1) is 11.3 Å². The largest absolute Gasteiger partial charge is 0.460 e. The molecule has 0 radical (unpaired) electrons. The van der Waals surface area contributed by atoms with Gasteiger partial charge in [0.1, 0.15) is 22.4 Å². The standard InChI is InChI=1S/C42H62N2O8S/c1-39(2,3)49-35(45)32(29-16-19-43(25-29)37(47)51-41(7,8)9)23-27-14-13-15-28(22-27)31-18-21-53-34(31)24-33(36(46)50-40(4,5)6)30-17-20-44(26-30)38(48)52-42(10,11)12/h13-15,18,21-22,29-30,32-33H,16-17,19-20,23-26H2,1-12H3/t29-,30-,32-,33-/m0/s1. The Hall–Kier alpha value is -3.60. The van der Waals surface area contributed by atoms with E-state index >= 15 is 0 Å². The van der Waals surface area contributed by atoms with Crippen molar-refractivity contribution in [2.45, 2.75) is 131 Å². The van der Waals surface area contributed by atoms with E-state index in [-0.39, 0.29) is 36.0 Å². The van der Waals surface area contributed by atoms with Crippen LogP contribution in [0.2, 0.25) is 0 Å². The van der Waals surface area contributed by atoms with Gasteiger partial charge in [0, 0.05) is 31.1 Å². The van der Waals surface area contributed by atoms with E-state index in [1.54, 1.807) is 21.1 Å². The zero-order valence-corrected chi connectivity index (χ0v) is 34.8. The Balaban J connectivity index is 1.57. The monoisotopic (exact) mass is 754 g/mol. The lowest BCUT2D eigenvalue weighted by Crippen LogP contribution is -2.38. The third kappa shape index (κ3) is 12.8. The minimum absolute atomic E-state index is 0.0834. The van der Waals surface area contributed by atoms with Gasteiger partial charge in [0.2, 0.25) is 0 Å². The Bertz CT molecular complexity index is 1610. The van der Waals surface area contributed by atoms with Crippen LogP contribution < -0.4 is 0 Å². The van der Waals surface area contributed by atoms with E-state index in [1.165, 1.54) is 0 Å². The van der Waals surface area contributed by atoms with E-state index < -0.39 is 34.2 Å². The molecule has 2 fully saturated rings. The van der Waals surface area contributed by atoms with Crippen molar-refractivity contribution in [3.05, 3.63) is 46.2 Å². The number of carbonyl (C=O) groups excluding carboxylic acids is 4. The summed E-state index contributed by atoms with van der Waals surface area (Å²) in [6.07, 6.45) is 1.56. The molecule has 53 heavy (non-hydrogen) atoms. The van der Waals surface area contributed by atoms with Crippen LogP contribution in [0.3, 0.4) is 0 Å². The molecule has 2 saturated heterocycles. The fraction of sp³-hybridized carbons (Fsp3) is 0.667. The van der Waals surface area contributed by atoms with Crippen molar-refractivity contribution >= 4 is 35.5 Å². The molecule has 1 aromatic carbocycles. The van der Waals surface area contributed by atoms with Crippen LogP contribution >= 0.6 is 11.3 Å². The zero-order valence-electron chi connectivity index (χ0n) is 34.0. The summed E-state index contributed by atoms with van der Waals surface area (Å²) in [7, 11) is 0. The summed E-state index contributed by atoms with van der Waals surface area (Å²) in [6, 6.07) is 10.3. The lowest BCUT2D eigenvalue weighted by Gasteiger charge is -2.28. The average molecular weight is 755 g/mol.